The van der Waals surface area contributed by atoms with Gasteiger partial charge in [-0.05, 0) is 12.5 Å². The Labute approximate surface area is 125 Å². The predicted molar refractivity (Wildman–Crippen MR) is 85.6 cm³/mol. The van der Waals surface area contributed by atoms with Gasteiger partial charge in [0.1, 0.15) is 11.5 Å². The fraction of sp³-hybridized carbons (Fsp3) is 0.375. The average molecular weight is 286 g/mol. The second-order valence-corrected chi connectivity index (χ2v) is 5.28. The summed E-state index contributed by atoms with van der Waals surface area (Å²) in [7, 11) is 1.56. The number of ether oxygens (including phenoxy) is 1. The summed E-state index contributed by atoms with van der Waals surface area (Å²) < 4.78 is 5.25. The van der Waals surface area contributed by atoms with Crippen LogP contribution in [-0.4, -0.2) is 17.1 Å². The highest BCUT2D eigenvalue weighted by Crippen LogP contribution is 2.30. The Bertz CT molecular complexity index is 599. The van der Waals surface area contributed by atoms with Crippen molar-refractivity contribution >= 4 is 11.5 Å². The lowest BCUT2D eigenvalue weighted by molar-refractivity contribution is 0.396. The van der Waals surface area contributed by atoms with E-state index in [-0.39, 0.29) is 12.0 Å². The number of hydrogen-bond donors (Lipinski definition) is 2. The molecule has 1 heterocycles. The summed E-state index contributed by atoms with van der Waals surface area (Å²) in [5.41, 5.74) is 7.68. The smallest absolute Gasteiger partial charge is 0.242 e. The Kier molecular flexibility index (Phi) is 4.62. The number of hydrogen-bond acceptors (Lipinski definition) is 5. The predicted octanol–water partition coefficient (Wildman–Crippen LogP) is 3.36. The number of anilines is 2. The molecule has 1 atom stereocenters. The number of nitrogens with two attached hydrogens (primary N) is 1. The van der Waals surface area contributed by atoms with Crippen LogP contribution in [0.2, 0.25) is 0 Å². The molecule has 0 spiro atoms. The van der Waals surface area contributed by atoms with Crippen LogP contribution in [0, 0.1) is 0 Å². The molecule has 0 fully saturated rings. The van der Waals surface area contributed by atoms with E-state index >= 15 is 0 Å². The second kappa shape index (κ2) is 6.43. The maximum absolute atomic E-state index is 6.08. The lowest BCUT2D eigenvalue weighted by Crippen LogP contribution is -2.13. The highest BCUT2D eigenvalue weighted by Gasteiger charge is 2.16. The van der Waals surface area contributed by atoms with Crippen LogP contribution in [0.15, 0.2) is 30.3 Å². The zero-order valence-electron chi connectivity index (χ0n) is 12.9. The summed E-state index contributed by atoms with van der Waals surface area (Å²) in [6, 6.07) is 10.2. The summed E-state index contributed by atoms with van der Waals surface area (Å²) >= 11 is 0. The Morgan fingerprint density at radius 2 is 1.76 bits per heavy atom. The topological polar surface area (TPSA) is 73.1 Å². The molecule has 2 rings (SSSR count). The molecule has 2 aromatic rings. The second-order valence-electron chi connectivity index (χ2n) is 5.28. The number of nitrogens with zero attached hydrogens (tertiary/aromatic N) is 2. The lowest BCUT2D eigenvalue weighted by atomic mass is 10.1. The Morgan fingerprint density at radius 1 is 1.10 bits per heavy atom. The molecule has 0 aliphatic rings. The van der Waals surface area contributed by atoms with Gasteiger partial charge in [-0.3, -0.25) is 0 Å². The van der Waals surface area contributed by atoms with Gasteiger partial charge in [-0.1, -0.05) is 44.2 Å². The first-order valence-electron chi connectivity index (χ1n) is 7.05. The highest BCUT2D eigenvalue weighted by molar-refractivity contribution is 5.67. The number of benzene rings is 1. The Morgan fingerprint density at radius 3 is 2.33 bits per heavy atom. The van der Waals surface area contributed by atoms with Crippen molar-refractivity contribution in [1.29, 1.82) is 0 Å². The van der Waals surface area contributed by atoms with E-state index in [0.29, 0.717) is 23.2 Å². The summed E-state index contributed by atoms with van der Waals surface area (Å²) in [6.07, 6.45) is 0. The van der Waals surface area contributed by atoms with E-state index in [2.05, 4.69) is 34.3 Å². The van der Waals surface area contributed by atoms with Crippen molar-refractivity contribution in [3.8, 4) is 5.88 Å². The minimum absolute atomic E-state index is 0.0909. The summed E-state index contributed by atoms with van der Waals surface area (Å²) in [5, 5.41) is 3.34. The lowest BCUT2D eigenvalue weighted by Gasteiger charge is -2.18. The van der Waals surface area contributed by atoms with Crippen molar-refractivity contribution < 1.29 is 4.74 Å². The molecule has 0 amide bonds. The fourth-order valence-corrected chi connectivity index (χ4v) is 2.02. The van der Waals surface area contributed by atoms with Crippen LogP contribution in [0.5, 0.6) is 5.88 Å². The van der Waals surface area contributed by atoms with Crippen LogP contribution in [0.3, 0.4) is 0 Å². The third-order valence-corrected chi connectivity index (χ3v) is 3.29. The fourth-order valence-electron chi connectivity index (χ4n) is 2.02. The molecule has 112 valence electrons. The van der Waals surface area contributed by atoms with Crippen LogP contribution in [0.25, 0.3) is 0 Å². The van der Waals surface area contributed by atoms with E-state index in [4.69, 9.17) is 10.5 Å². The van der Waals surface area contributed by atoms with Gasteiger partial charge in [0.05, 0.1) is 13.2 Å². The minimum Gasteiger partial charge on any atom is -0.479 e. The Hall–Kier alpha value is -2.30. The molecule has 1 unspecified atom stereocenters. The summed E-state index contributed by atoms with van der Waals surface area (Å²) in [5.74, 6) is 1.94. The van der Waals surface area contributed by atoms with E-state index in [1.54, 1.807) is 7.11 Å². The molecule has 0 saturated heterocycles. The summed E-state index contributed by atoms with van der Waals surface area (Å²) in [6.45, 7) is 6.14. The molecule has 0 bridgehead atoms. The highest BCUT2D eigenvalue weighted by atomic mass is 16.5. The first-order valence-corrected chi connectivity index (χ1v) is 7.05. The van der Waals surface area contributed by atoms with E-state index in [1.165, 1.54) is 5.56 Å². The zero-order chi connectivity index (χ0) is 15.4. The molecule has 0 radical (unpaired) electrons. The molecule has 1 aromatic carbocycles. The van der Waals surface area contributed by atoms with Crippen molar-refractivity contribution in [2.75, 3.05) is 18.2 Å². The van der Waals surface area contributed by atoms with Crippen LogP contribution >= 0.6 is 0 Å². The molecule has 5 nitrogen and oxygen atoms in total. The molecular formula is C16H22N4O. The van der Waals surface area contributed by atoms with Crippen LogP contribution in [0.1, 0.15) is 44.1 Å². The monoisotopic (exact) mass is 286 g/mol. The maximum atomic E-state index is 6.08. The third-order valence-electron chi connectivity index (χ3n) is 3.29. The van der Waals surface area contributed by atoms with Gasteiger partial charge in [-0.15, -0.1) is 0 Å². The van der Waals surface area contributed by atoms with Gasteiger partial charge >= 0.3 is 0 Å². The van der Waals surface area contributed by atoms with Crippen molar-refractivity contribution in [1.82, 2.24) is 9.97 Å². The number of rotatable bonds is 5. The van der Waals surface area contributed by atoms with Crippen LogP contribution in [-0.2, 0) is 0 Å². The molecule has 0 aliphatic carbocycles. The minimum atomic E-state index is 0.0909. The van der Waals surface area contributed by atoms with Crippen LogP contribution < -0.4 is 15.8 Å². The number of nitrogens with one attached hydrogen (secondary N) is 1. The van der Waals surface area contributed by atoms with Gasteiger partial charge in [-0.25, -0.2) is 4.98 Å². The van der Waals surface area contributed by atoms with Crippen molar-refractivity contribution in [3.63, 3.8) is 0 Å². The quantitative estimate of drug-likeness (QED) is 0.881. The van der Waals surface area contributed by atoms with Gasteiger partial charge in [0.2, 0.25) is 5.88 Å². The largest absolute Gasteiger partial charge is 0.479 e. The average Bonchev–Trinajstić information content (AvgIpc) is 2.49. The molecular weight excluding hydrogens is 264 g/mol. The van der Waals surface area contributed by atoms with Crippen molar-refractivity contribution in [3.05, 3.63) is 41.7 Å². The normalized spacial score (nSPS) is 12.2. The van der Waals surface area contributed by atoms with Crippen molar-refractivity contribution in [2.24, 2.45) is 0 Å². The molecule has 0 aliphatic heterocycles. The molecule has 21 heavy (non-hydrogen) atoms. The number of methoxy groups -OCH3 is 1. The SMILES string of the molecule is COc1nc(C(C)C)nc(NC(C)c2ccccc2)c1N. The first kappa shape index (κ1) is 15.1. The molecule has 0 saturated carbocycles. The van der Waals surface area contributed by atoms with Gasteiger partial charge in [0, 0.05) is 5.92 Å². The third kappa shape index (κ3) is 3.42. The molecule has 5 heteroatoms. The zero-order valence-corrected chi connectivity index (χ0v) is 12.9. The van der Waals surface area contributed by atoms with Gasteiger partial charge < -0.3 is 15.8 Å². The van der Waals surface area contributed by atoms with E-state index in [1.807, 2.05) is 32.0 Å². The van der Waals surface area contributed by atoms with Crippen LogP contribution in [0.4, 0.5) is 11.5 Å². The van der Waals surface area contributed by atoms with E-state index in [9.17, 15) is 0 Å². The van der Waals surface area contributed by atoms with Gasteiger partial charge in [0.25, 0.3) is 0 Å². The summed E-state index contributed by atoms with van der Waals surface area (Å²) in [4.78, 5) is 8.85. The van der Waals surface area contributed by atoms with E-state index < -0.39 is 0 Å². The maximum Gasteiger partial charge on any atom is 0.242 e. The molecule has 1 aromatic heterocycles. The van der Waals surface area contributed by atoms with Crippen molar-refractivity contribution in [2.45, 2.75) is 32.7 Å². The van der Waals surface area contributed by atoms with Gasteiger partial charge in [0.15, 0.2) is 5.82 Å². The van der Waals surface area contributed by atoms with E-state index in [0.717, 1.165) is 0 Å². The Balaban J connectivity index is 2.32. The first-order chi connectivity index (χ1) is 10.0. The van der Waals surface area contributed by atoms with Gasteiger partial charge in [-0.2, -0.15) is 4.98 Å². The number of nitrogen functional groups attached to an aromatic ring is 1. The standard InChI is InChI=1S/C16H22N4O/c1-10(2)14-19-15(13(17)16(20-14)21-4)18-11(3)12-8-6-5-7-9-12/h5-11H,17H2,1-4H3,(H,18,19,20). The molecule has 3 N–H and O–H groups in total. The number of aromatic nitrogens is 2.